The van der Waals surface area contributed by atoms with E-state index in [2.05, 4.69) is 12.2 Å². The largest absolute Gasteiger partial charge is 0.428 e. The van der Waals surface area contributed by atoms with Gasteiger partial charge in [0.1, 0.15) is 5.75 Å². The maximum atomic E-state index is 10.6. The molecule has 0 saturated carbocycles. The summed E-state index contributed by atoms with van der Waals surface area (Å²) in [6.07, 6.45) is 0. The van der Waals surface area contributed by atoms with E-state index in [1.165, 1.54) is 24.3 Å². The minimum atomic E-state index is -2.91. The van der Waals surface area contributed by atoms with Crippen molar-refractivity contribution in [1.29, 1.82) is 0 Å². The van der Waals surface area contributed by atoms with Gasteiger partial charge in [0.25, 0.3) is 5.69 Å². The first-order valence-corrected chi connectivity index (χ1v) is 10.3. The van der Waals surface area contributed by atoms with Gasteiger partial charge in [-0.3, -0.25) is 10.1 Å². The molecule has 122 valence electrons. The molecule has 9 heteroatoms. The van der Waals surface area contributed by atoms with E-state index in [0.717, 1.165) is 5.69 Å². The Morgan fingerprint density at radius 1 is 1.13 bits per heavy atom. The van der Waals surface area contributed by atoms with Crippen LogP contribution in [0.15, 0.2) is 48.5 Å². The minimum absolute atomic E-state index is 0.0244. The molecule has 23 heavy (non-hydrogen) atoms. The van der Waals surface area contributed by atoms with Crippen molar-refractivity contribution in [1.82, 2.24) is 0 Å². The molecule has 0 fully saturated rings. The highest BCUT2D eigenvalue weighted by molar-refractivity contribution is 8.60. The van der Waals surface area contributed by atoms with Gasteiger partial charge in [0, 0.05) is 26.2 Å². The normalized spacial score (nSPS) is 13.0. The van der Waals surface area contributed by atoms with E-state index in [4.69, 9.17) is 20.9 Å². The maximum Gasteiger partial charge on any atom is 0.345 e. The van der Waals surface area contributed by atoms with Gasteiger partial charge in [0.05, 0.1) is 10.6 Å². The number of rotatable bonds is 6. The van der Waals surface area contributed by atoms with Crippen molar-refractivity contribution in [2.45, 2.75) is 0 Å². The first kappa shape index (κ1) is 17.6. The quantitative estimate of drug-likeness (QED) is 0.354. The number of anilines is 1. The molecule has 0 spiro atoms. The molecular weight excluding hydrogens is 355 g/mol. The number of thiol groups is 1. The molecule has 1 atom stereocenters. The summed E-state index contributed by atoms with van der Waals surface area (Å²) in [5.41, 5.74) is -2.08. The molecule has 2 rings (SSSR count). The van der Waals surface area contributed by atoms with Gasteiger partial charge in [-0.05, 0) is 36.1 Å². The molecule has 0 N–H and O–H groups in total. The summed E-state index contributed by atoms with van der Waals surface area (Å²) in [7, 11) is 3.78. The summed E-state index contributed by atoms with van der Waals surface area (Å²) in [6, 6.07) is 13.0. The summed E-state index contributed by atoms with van der Waals surface area (Å²) in [5, 5.41) is 10.6. The van der Waals surface area contributed by atoms with E-state index in [9.17, 15) is 10.1 Å². The number of hydrogen-bond acceptors (Lipinski definition) is 6. The standard InChI is InChI=1S/C14H15N2O4PS2/c1-15(2)13-5-3-4-6-14(13)20-21(22,23)19-12-9-7-11(8-10-12)16(17)18/h3-10H,1-2H3,(H,22,23). The fourth-order valence-corrected chi connectivity index (χ4v) is 3.68. The Kier molecular flexibility index (Phi) is 5.51. The summed E-state index contributed by atoms with van der Waals surface area (Å²) in [5.74, 6) is 0.939. The zero-order valence-electron chi connectivity index (χ0n) is 12.4. The topological polar surface area (TPSA) is 64.8 Å². The summed E-state index contributed by atoms with van der Waals surface area (Å²) in [4.78, 5) is 12.1. The molecule has 1 unspecified atom stereocenters. The van der Waals surface area contributed by atoms with Crippen LogP contribution in [0.3, 0.4) is 0 Å². The Balaban J connectivity index is 2.16. The first-order valence-electron chi connectivity index (χ1n) is 6.51. The van der Waals surface area contributed by atoms with E-state index >= 15 is 0 Å². The monoisotopic (exact) mass is 370 g/mol. The van der Waals surface area contributed by atoms with Crippen LogP contribution in [-0.4, -0.2) is 19.0 Å². The number of para-hydroxylation sites is 2. The third-order valence-electron chi connectivity index (χ3n) is 2.83. The van der Waals surface area contributed by atoms with E-state index in [1.807, 2.05) is 37.2 Å². The highest BCUT2D eigenvalue weighted by atomic mass is 32.9. The lowest BCUT2D eigenvalue weighted by atomic mass is 10.3. The molecule has 0 aliphatic rings. The van der Waals surface area contributed by atoms with Crippen LogP contribution in [0.4, 0.5) is 11.4 Å². The first-order chi connectivity index (χ1) is 10.8. The molecular formula is C14H15N2O4PS2. The lowest BCUT2D eigenvalue weighted by molar-refractivity contribution is -0.384. The smallest absolute Gasteiger partial charge is 0.345 e. The van der Waals surface area contributed by atoms with Crippen molar-refractivity contribution in [3.05, 3.63) is 58.6 Å². The number of nitro benzene ring substituents is 1. The number of nitro groups is 1. The molecule has 2 aromatic rings. The fourth-order valence-electron chi connectivity index (χ4n) is 1.81. The summed E-state index contributed by atoms with van der Waals surface area (Å²) >= 11 is 9.64. The Bertz CT molecular complexity index is 753. The summed E-state index contributed by atoms with van der Waals surface area (Å²) in [6.45, 7) is 0. The molecule has 0 aliphatic carbocycles. The van der Waals surface area contributed by atoms with Crippen molar-refractivity contribution in [3.8, 4) is 11.5 Å². The Labute approximate surface area is 144 Å². The van der Waals surface area contributed by atoms with Gasteiger partial charge in [-0.1, -0.05) is 24.4 Å². The van der Waals surface area contributed by atoms with Crippen LogP contribution in [-0.2, 0) is 11.8 Å². The predicted molar refractivity (Wildman–Crippen MR) is 98.4 cm³/mol. The molecule has 0 heterocycles. The van der Waals surface area contributed by atoms with E-state index < -0.39 is 10.6 Å². The van der Waals surface area contributed by atoms with Gasteiger partial charge >= 0.3 is 5.69 Å². The Morgan fingerprint density at radius 3 is 2.30 bits per heavy atom. The second-order valence-corrected chi connectivity index (χ2v) is 9.90. The SMILES string of the molecule is CN(C)c1ccccc1OP(=S)(S)Oc1ccc([N+](=O)[O-])cc1. The van der Waals surface area contributed by atoms with Gasteiger partial charge in [-0.25, -0.2) is 0 Å². The van der Waals surface area contributed by atoms with Crippen LogP contribution in [0.1, 0.15) is 0 Å². The van der Waals surface area contributed by atoms with Crippen LogP contribution in [0.2, 0.25) is 0 Å². The van der Waals surface area contributed by atoms with Crippen molar-refractivity contribution >= 4 is 41.1 Å². The summed E-state index contributed by atoms with van der Waals surface area (Å²) < 4.78 is 11.4. The number of hydrogen-bond donors (Lipinski definition) is 1. The lowest BCUT2D eigenvalue weighted by Gasteiger charge is -2.22. The third-order valence-corrected chi connectivity index (χ3v) is 4.64. The van der Waals surface area contributed by atoms with E-state index in [1.54, 1.807) is 6.07 Å². The molecule has 0 radical (unpaired) electrons. The average Bonchev–Trinajstić information content (AvgIpc) is 2.47. The van der Waals surface area contributed by atoms with Crippen molar-refractivity contribution in [3.63, 3.8) is 0 Å². The van der Waals surface area contributed by atoms with Crippen LogP contribution >= 0.6 is 17.9 Å². The molecule has 0 bridgehead atoms. The van der Waals surface area contributed by atoms with Crippen LogP contribution in [0.5, 0.6) is 11.5 Å². The van der Waals surface area contributed by atoms with Crippen molar-refractivity contribution in [2.24, 2.45) is 0 Å². The van der Waals surface area contributed by atoms with Crippen LogP contribution in [0.25, 0.3) is 0 Å². The predicted octanol–water partition coefficient (Wildman–Crippen LogP) is 4.27. The van der Waals surface area contributed by atoms with E-state index in [0.29, 0.717) is 11.5 Å². The fraction of sp³-hybridized carbons (Fsp3) is 0.143. The van der Waals surface area contributed by atoms with Crippen molar-refractivity contribution in [2.75, 3.05) is 19.0 Å². The third kappa shape index (κ3) is 4.86. The number of non-ortho nitro benzene ring substituents is 1. The van der Waals surface area contributed by atoms with Gasteiger partial charge in [-0.2, -0.15) is 0 Å². The molecule has 2 aromatic carbocycles. The number of nitrogens with zero attached hydrogens (tertiary/aromatic N) is 2. The highest BCUT2D eigenvalue weighted by Gasteiger charge is 2.19. The maximum absolute atomic E-state index is 10.6. The number of benzene rings is 2. The zero-order valence-corrected chi connectivity index (χ0v) is 15.1. The molecule has 0 aliphatic heterocycles. The Hall–Kier alpha value is -1.76. The van der Waals surface area contributed by atoms with Gasteiger partial charge in [0.15, 0.2) is 5.75 Å². The lowest BCUT2D eigenvalue weighted by Crippen LogP contribution is -2.10. The van der Waals surface area contributed by atoms with Crippen molar-refractivity contribution < 1.29 is 14.0 Å². The van der Waals surface area contributed by atoms with Crippen LogP contribution < -0.4 is 13.9 Å². The van der Waals surface area contributed by atoms with Gasteiger partial charge < -0.3 is 13.9 Å². The zero-order chi connectivity index (χ0) is 17.0. The second kappa shape index (κ2) is 7.21. The molecule has 0 saturated heterocycles. The van der Waals surface area contributed by atoms with Crippen LogP contribution in [0, 0.1) is 10.1 Å². The minimum Gasteiger partial charge on any atom is -0.428 e. The van der Waals surface area contributed by atoms with Gasteiger partial charge in [0.2, 0.25) is 0 Å². The second-order valence-electron chi connectivity index (χ2n) is 4.76. The molecule has 0 amide bonds. The molecule has 6 nitrogen and oxygen atoms in total. The Morgan fingerprint density at radius 2 is 1.74 bits per heavy atom. The highest BCUT2D eigenvalue weighted by Crippen LogP contribution is 2.54. The molecule has 0 aromatic heterocycles. The van der Waals surface area contributed by atoms with Gasteiger partial charge in [-0.15, -0.1) is 0 Å². The van der Waals surface area contributed by atoms with E-state index in [-0.39, 0.29) is 5.69 Å². The average molecular weight is 370 g/mol.